The van der Waals surface area contributed by atoms with E-state index in [2.05, 4.69) is 4.98 Å². The minimum absolute atomic E-state index is 0.0109. The van der Waals surface area contributed by atoms with Crippen molar-refractivity contribution in [3.8, 4) is 0 Å². The Morgan fingerprint density at radius 1 is 1.19 bits per heavy atom. The maximum Gasteiger partial charge on any atom is 0.354 e. The number of carbonyl (C=O) groups excluding carboxylic acids is 3. The Balaban J connectivity index is 2.35. The van der Waals surface area contributed by atoms with E-state index in [1.807, 2.05) is 6.92 Å². The molecule has 1 atom stereocenters. The Bertz CT molecular complexity index is 686. The van der Waals surface area contributed by atoms with E-state index in [0.29, 0.717) is 28.9 Å². The van der Waals surface area contributed by atoms with Crippen LogP contribution in [0.15, 0.2) is 0 Å². The van der Waals surface area contributed by atoms with E-state index in [9.17, 15) is 14.4 Å². The summed E-state index contributed by atoms with van der Waals surface area (Å²) in [6, 6.07) is -0.431. The second-order valence-corrected chi connectivity index (χ2v) is 7.10. The highest BCUT2D eigenvalue weighted by Crippen LogP contribution is 2.28. The van der Waals surface area contributed by atoms with Crippen molar-refractivity contribution < 1.29 is 19.1 Å². The highest BCUT2D eigenvalue weighted by atomic mass is 16.5. The van der Waals surface area contributed by atoms with Gasteiger partial charge in [0, 0.05) is 23.7 Å². The van der Waals surface area contributed by atoms with Gasteiger partial charge in [-0.15, -0.1) is 0 Å². The molecule has 1 aromatic heterocycles. The average Bonchev–Trinajstić information content (AvgIpc) is 2.95. The molecular weight excluding hydrogens is 332 g/mol. The predicted molar refractivity (Wildman–Crippen MR) is 99.4 cm³/mol. The molecule has 1 fully saturated rings. The van der Waals surface area contributed by atoms with Crippen LogP contribution in [-0.2, 0) is 9.53 Å². The standard InChI is InChI=1S/C20H30N2O4/c1-6-16(23)22(15-10-8-7-9-11-15)14(4)19(24)17-12(2)18(20(25)26-5)21-13(17)3/h14-15,21H,6-11H2,1-5H3. The summed E-state index contributed by atoms with van der Waals surface area (Å²) >= 11 is 0. The topological polar surface area (TPSA) is 79.5 Å². The van der Waals surface area contributed by atoms with E-state index in [0.717, 1.165) is 25.7 Å². The van der Waals surface area contributed by atoms with Gasteiger partial charge in [0.25, 0.3) is 0 Å². The molecule has 1 aromatic rings. The summed E-state index contributed by atoms with van der Waals surface area (Å²) in [7, 11) is 1.31. The lowest BCUT2D eigenvalue weighted by atomic mass is 9.91. The van der Waals surface area contributed by atoms with Crippen LogP contribution >= 0.6 is 0 Å². The number of rotatable bonds is 6. The summed E-state index contributed by atoms with van der Waals surface area (Å²) in [6.45, 7) is 7.14. The van der Waals surface area contributed by atoms with E-state index in [1.165, 1.54) is 13.5 Å². The molecule has 6 heteroatoms. The van der Waals surface area contributed by atoms with Gasteiger partial charge < -0.3 is 14.6 Å². The van der Waals surface area contributed by atoms with Gasteiger partial charge in [-0.2, -0.15) is 0 Å². The maximum absolute atomic E-state index is 13.2. The summed E-state index contributed by atoms with van der Waals surface area (Å²) in [5.41, 5.74) is 2.00. The van der Waals surface area contributed by atoms with Crippen LogP contribution in [0.2, 0.25) is 0 Å². The Hall–Kier alpha value is -2.11. The summed E-state index contributed by atoms with van der Waals surface area (Å²) in [6.07, 6.45) is 5.64. The number of H-pyrrole nitrogens is 1. The Labute approximate surface area is 155 Å². The van der Waals surface area contributed by atoms with Crippen LogP contribution in [0.4, 0.5) is 0 Å². The lowest BCUT2D eigenvalue weighted by molar-refractivity contribution is -0.135. The minimum Gasteiger partial charge on any atom is -0.464 e. The molecule has 144 valence electrons. The lowest BCUT2D eigenvalue weighted by Gasteiger charge is -2.38. The summed E-state index contributed by atoms with van der Waals surface area (Å²) in [5.74, 6) is -0.610. The molecule has 0 saturated heterocycles. The largest absolute Gasteiger partial charge is 0.464 e. The van der Waals surface area contributed by atoms with Crippen LogP contribution < -0.4 is 0 Å². The second-order valence-electron chi connectivity index (χ2n) is 7.10. The number of hydrogen-bond acceptors (Lipinski definition) is 4. The molecule has 26 heavy (non-hydrogen) atoms. The number of aromatic nitrogens is 1. The summed E-state index contributed by atoms with van der Waals surface area (Å²) < 4.78 is 4.78. The van der Waals surface area contributed by atoms with Crippen molar-refractivity contribution in [2.75, 3.05) is 7.11 Å². The first kappa shape index (κ1) is 20.2. The molecule has 1 amide bonds. The van der Waals surface area contributed by atoms with Gasteiger partial charge in [0.15, 0.2) is 5.78 Å². The highest BCUT2D eigenvalue weighted by Gasteiger charge is 2.34. The highest BCUT2D eigenvalue weighted by molar-refractivity contribution is 6.06. The quantitative estimate of drug-likeness (QED) is 0.620. The van der Waals surface area contributed by atoms with Gasteiger partial charge in [-0.1, -0.05) is 26.2 Å². The minimum atomic E-state index is -0.552. The average molecular weight is 362 g/mol. The van der Waals surface area contributed by atoms with E-state index in [-0.39, 0.29) is 17.7 Å². The van der Waals surface area contributed by atoms with Gasteiger partial charge in [0.05, 0.1) is 13.2 Å². The monoisotopic (exact) mass is 362 g/mol. The molecule has 0 aliphatic heterocycles. The Kier molecular flexibility index (Phi) is 6.62. The fourth-order valence-electron chi connectivity index (χ4n) is 4.04. The van der Waals surface area contributed by atoms with E-state index in [1.54, 1.807) is 25.7 Å². The number of esters is 1. The number of ketones is 1. The zero-order chi connectivity index (χ0) is 19.4. The fourth-order valence-corrected chi connectivity index (χ4v) is 4.04. The number of amides is 1. The molecule has 0 aromatic carbocycles. The molecule has 0 spiro atoms. The van der Waals surface area contributed by atoms with Crippen molar-refractivity contribution in [3.05, 3.63) is 22.5 Å². The predicted octanol–water partition coefficient (Wildman–Crippen LogP) is 3.56. The molecule has 1 aliphatic rings. The summed E-state index contributed by atoms with van der Waals surface area (Å²) in [5, 5.41) is 0. The molecule has 1 N–H and O–H groups in total. The number of Topliss-reactive ketones (excluding diaryl/α,β-unsaturated/α-hetero) is 1. The molecule has 1 unspecified atom stereocenters. The zero-order valence-electron chi connectivity index (χ0n) is 16.5. The number of methoxy groups -OCH3 is 1. The van der Waals surface area contributed by atoms with Gasteiger partial charge in [0.1, 0.15) is 5.69 Å². The number of aromatic amines is 1. The number of aryl methyl sites for hydroxylation is 1. The molecule has 1 aliphatic carbocycles. The molecule has 1 saturated carbocycles. The lowest BCUT2D eigenvalue weighted by Crippen LogP contribution is -2.50. The molecule has 2 rings (SSSR count). The number of hydrogen-bond donors (Lipinski definition) is 1. The van der Waals surface area contributed by atoms with Crippen LogP contribution in [0, 0.1) is 13.8 Å². The first-order chi connectivity index (χ1) is 12.3. The van der Waals surface area contributed by atoms with Crippen molar-refractivity contribution in [2.24, 2.45) is 0 Å². The number of nitrogens with one attached hydrogen (secondary N) is 1. The van der Waals surface area contributed by atoms with Crippen LogP contribution in [0.25, 0.3) is 0 Å². The Morgan fingerprint density at radius 2 is 1.81 bits per heavy atom. The first-order valence-corrected chi connectivity index (χ1v) is 9.46. The van der Waals surface area contributed by atoms with E-state index >= 15 is 0 Å². The first-order valence-electron chi connectivity index (χ1n) is 9.46. The van der Waals surface area contributed by atoms with E-state index in [4.69, 9.17) is 4.74 Å². The van der Waals surface area contributed by atoms with Crippen LogP contribution in [0.5, 0.6) is 0 Å². The SMILES string of the molecule is CCC(=O)N(C1CCCCC1)C(C)C(=O)c1c(C)[nH]c(C(=O)OC)c1C. The fraction of sp³-hybridized carbons (Fsp3) is 0.650. The van der Waals surface area contributed by atoms with Crippen LogP contribution in [-0.4, -0.2) is 46.7 Å². The molecule has 1 heterocycles. The number of ether oxygens (including phenoxy) is 1. The van der Waals surface area contributed by atoms with Gasteiger partial charge in [-0.3, -0.25) is 9.59 Å². The van der Waals surface area contributed by atoms with Crippen molar-refractivity contribution in [2.45, 2.75) is 78.3 Å². The third-order valence-electron chi connectivity index (χ3n) is 5.43. The molecular formula is C20H30N2O4. The summed E-state index contributed by atoms with van der Waals surface area (Å²) in [4.78, 5) is 42.5. The van der Waals surface area contributed by atoms with Gasteiger partial charge >= 0.3 is 5.97 Å². The second kappa shape index (κ2) is 8.52. The molecule has 6 nitrogen and oxygen atoms in total. The van der Waals surface area contributed by atoms with Crippen molar-refractivity contribution in [1.29, 1.82) is 0 Å². The zero-order valence-corrected chi connectivity index (χ0v) is 16.5. The Morgan fingerprint density at radius 3 is 2.35 bits per heavy atom. The number of carbonyl (C=O) groups is 3. The van der Waals surface area contributed by atoms with Crippen molar-refractivity contribution in [3.63, 3.8) is 0 Å². The van der Waals surface area contributed by atoms with Crippen molar-refractivity contribution in [1.82, 2.24) is 9.88 Å². The normalized spacial score (nSPS) is 16.2. The van der Waals surface area contributed by atoms with Gasteiger partial charge in [-0.25, -0.2) is 4.79 Å². The van der Waals surface area contributed by atoms with Gasteiger partial charge in [-0.05, 0) is 39.2 Å². The van der Waals surface area contributed by atoms with Crippen LogP contribution in [0.1, 0.15) is 84.5 Å². The smallest absolute Gasteiger partial charge is 0.354 e. The van der Waals surface area contributed by atoms with E-state index < -0.39 is 12.0 Å². The maximum atomic E-state index is 13.2. The van der Waals surface area contributed by atoms with Crippen molar-refractivity contribution >= 4 is 17.7 Å². The number of nitrogens with zero attached hydrogens (tertiary/aromatic N) is 1. The third-order valence-corrected chi connectivity index (χ3v) is 5.43. The third kappa shape index (κ3) is 3.84. The molecule has 0 bridgehead atoms. The van der Waals surface area contributed by atoms with Crippen LogP contribution in [0.3, 0.4) is 0 Å². The molecule has 0 radical (unpaired) electrons. The van der Waals surface area contributed by atoms with Gasteiger partial charge in [0.2, 0.25) is 5.91 Å².